The Morgan fingerprint density at radius 3 is 2.64 bits per heavy atom. The fourth-order valence-electron chi connectivity index (χ4n) is 3.00. The Balaban J connectivity index is 2.05. The van der Waals surface area contributed by atoms with Crippen LogP contribution >= 0.6 is 11.8 Å². The number of amides is 1. The molecule has 5 heteroatoms. The van der Waals surface area contributed by atoms with Crippen LogP contribution in [0.4, 0.5) is 0 Å². The molecule has 2 rings (SSSR count). The van der Waals surface area contributed by atoms with E-state index in [4.69, 9.17) is 4.74 Å². The van der Waals surface area contributed by atoms with Crippen molar-refractivity contribution in [2.75, 3.05) is 5.75 Å². The van der Waals surface area contributed by atoms with Gasteiger partial charge in [0.05, 0.1) is 11.5 Å². The van der Waals surface area contributed by atoms with Crippen LogP contribution in [0.25, 0.3) is 0 Å². The molecule has 0 radical (unpaired) electrons. The number of carbonyl (C=O) groups excluding carboxylic acids is 2. The smallest absolute Gasteiger partial charge is 0.330 e. The molecule has 25 heavy (non-hydrogen) atoms. The topological polar surface area (TPSA) is 46.6 Å². The highest BCUT2D eigenvalue weighted by molar-refractivity contribution is 8.00. The maximum absolute atomic E-state index is 12.7. The maximum Gasteiger partial charge on any atom is 0.330 e. The van der Waals surface area contributed by atoms with Gasteiger partial charge in [0.1, 0.15) is 6.04 Å². The molecule has 1 aliphatic heterocycles. The predicted molar refractivity (Wildman–Crippen MR) is 102 cm³/mol. The molecule has 1 aromatic rings. The summed E-state index contributed by atoms with van der Waals surface area (Å²) in [6.45, 7) is 5.76. The van der Waals surface area contributed by atoms with Crippen molar-refractivity contribution < 1.29 is 14.3 Å². The highest BCUT2D eigenvalue weighted by Crippen LogP contribution is 2.34. The number of unbranched alkanes of at least 4 members (excludes halogenated alkanes) is 1. The SMILES string of the molecule is CCCCC(=O)N1C(CCc2ccccc2)SCC1C(=O)OC(C)C. The van der Waals surface area contributed by atoms with Gasteiger partial charge in [-0.15, -0.1) is 11.8 Å². The molecular weight excluding hydrogens is 334 g/mol. The van der Waals surface area contributed by atoms with Crippen molar-refractivity contribution in [3.8, 4) is 0 Å². The lowest BCUT2D eigenvalue weighted by molar-refractivity contribution is -0.157. The summed E-state index contributed by atoms with van der Waals surface area (Å²) >= 11 is 1.70. The number of hydrogen-bond acceptors (Lipinski definition) is 4. The van der Waals surface area contributed by atoms with Crippen molar-refractivity contribution in [1.29, 1.82) is 0 Å². The van der Waals surface area contributed by atoms with Crippen LogP contribution in [0, 0.1) is 0 Å². The monoisotopic (exact) mass is 363 g/mol. The molecule has 1 fully saturated rings. The first-order valence-electron chi connectivity index (χ1n) is 9.20. The van der Waals surface area contributed by atoms with E-state index >= 15 is 0 Å². The quantitative estimate of drug-likeness (QED) is 0.654. The van der Waals surface area contributed by atoms with Gasteiger partial charge < -0.3 is 9.64 Å². The van der Waals surface area contributed by atoms with Gasteiger partial charge in [-0.25, -0.2) is 4.79 Å². The molecule has 1 aliphatic rings. The van der Waals surface area contributed by atoms with Gasteiger partial charge in [0, 0.05) is 12.2 Å². The largest absolute Gasteiger partial charge is 0.461 e. The first-order valence-corrected chi connectivity index (χ1v) is 10.2. The molecule has 0 spiro atoms. The van der Waals surface area contributed by atoms with Gasteiger partial charge in [0.2, 0.25) is 5.91 Å². The Morgan fingerprint density at radius 2 is 2.00 bits per heavy atom. The number of benzene rings is 1. The van der Waals surface area contributed by atoms with Crippen molar-refractivity contribution >= 4 is 23.6 Å². The number of carbonyl (C=O) groups is 2. The zero-order valence-electron chi connectivity index (χ0n) is 15.4. The van der Waals surface area contributed by atoms with E-state index in [0.717, 1.165) is 25.7 Å². The van der Waals surface area contributed by atoms with Gasteiger partial charge >= 0.3 is 5.97 Å². The van der Waals surface area contributed by atoms with Gasteiger partial charge in [0.25, 0.3) is 0 Å². The maximum atomic E-state index is 12.7. The first kappa shape index (κ1) is 19.8. The van der Waals surface area contributed by atoms with E-state index in [1.807, 2.05) is 32.0 Å². The average Bonchev–Trinajstić information content (AvgIpc) is 3.02. The summed E-state index contributed by atoms with van der Waals surface area (Å²) < 4.78 is 5.38. The number of rotatable bonds is 8. The number of esters is 1. The standard InChI is InChI=1S/C20H29NO3S/c1-4-5-11-18(22)21-17(20(23)24-15(2)3)14-25-19(21)13-12-16-9-7-6-8-10-16/h6-10,15,17,19H,4-5,11-14H2,1-3H3. The third-order valence-electron chi connectivity index (χ3n) is 4.27. The van der Waals surface area contributed by atoms with Crippen molar-refractivity contribution in [2.45, 2.75) is 70.4 Å². The van der Waals surface area contributed by atoms with Crippen molar-refractivity contribution in [3.63, 3.8) is 0 Å². The van der Waals surface area contributed by atoms with Gasteiger partial charge in [-0.3, -0.25) is 4.79 Å². The lowest BCUT2D eigenvalue weighted by atomic mass is 10.1. The molecule has 1 amide bonds. The molecule has 1 heterocycles. The van der Waals surface area contributed by atoms with Crippen molar-refractivity contribution in [3.05, 3.63) is 35.9 Å². The summed E-state index contributed by atoms with van der Waals surface area (Å²) in [5.41, 5.74) is 1.26. The molecule has 138 valence electrons. The van der Waals surface area contributed by atoms with E-state index in [-0.39, 0.29) is 23.4 Å². The fraction of sp³-hybridized carbons (Fsp3) is 0.600. The summed E-state index contributed by atoms with van der Waals surface area (Å²) in [6.07, 6.45) is 3.94. The van der Waals surface area contributed by atoms with Crippen LogP contribution < -0.4 is 0 Å². The summed E-state index contributed by atoms with van der Waals surface area (Å²) in [4.78, 5) is 27.0. The molecule has 0 bridgehead atoms. The van der Waals surface area contributed by atoms with Crippen LogP contribution in [0.15, 0.2) is 30.3 Å². The van der Waals surface area contributed by atoms with Crippen LogP contribution in [-0.2, 0) is 20.7 Å². The zero-order chi connectivity index (χ0) is 18.2. The number of thioether (sulfide) groups is 1. The van der Waals surface area contributed by atoms with E-state index in [0.29, 0.717) is 12.2 Å². The van der Waals surface area contributed by atoms with Crippen LogP contribution in [0.1, 0.15) is 52.0 Å². The Kier molecular flexibility index (Phi) is 7.82. The lowest BCUT2D eigenvalue weighted by Crippen LogP contribution is -2.46. The molecule has 4 nitrogen and oxygen atoms in total. The third kappa shape index (κ3) is 5.77. The Morgan fingerprint density at radius 1 is 1.28 bits per heavy atom. The predicted octanol–water partition coefficient (Wildman–Crippen LogP) is 4.03. The molecule has 0 saturated carbocycles. The lowest BCUT2D eigenvalue weighted by Gasteiger charge is -2.29. The van der Waals surface area contributed by atoms with E-state index in [9.17, 15) is 9.59 Å². The summed E-state index contributed by atoms with van der Waals surface area (Å²) in [7, 11) is 0. The fourth-order valence-corrected chi connectivity index (χ4v) is 4.42. The number of hydrogen-bond donors (Lipinski definition) is 0. The van der Waals surface area contributed by atoms with Gasteiger partial charge in [0.15, 0.2) is 0 Å². The molecule has 2 atom stereocenters. The summed E-state index contributed by atoms with van der Waals surface area (Å²) in [5, 5.41) is 0.0503. The van der Waals surface area contributed by atoms with Gasteiger partial charge in [-0.1, -0.05) is 43.7 Å². The molecule has 0 N–H and O–H groups in total. The van der Waals surface area contributed by atoms with Crippen LogP contribution in [0.3, 0.4) is 0 Å². The highest BCUT2D eigenvalue weighted by atomic mass is 32.2. The number of nitrogens with zero attached hydrogens (tertiary/aromatic N) is 1. The molecule has 1 saturated heterocycles. The minimum Gasteiger partial charge on any atom is -0.461 e. The van der Waals surface area contributed by atoms with Crippen molar-refractivity contribution in [2.24, 2.45) is 0 Å². The Hall–Kier alpha value is -1.49. The van der Waals surface area contributed by atoms with Crippen LogP contribution in [0.5, 0.6) is 0 Å². The van der Waals surface area contributed by atoms with Gasteiger partial charge in [-0.2, -0.15) is 0 Å². The molecule has 1 aromatic carbocycles. The second-order valence-corrected chi connectivity index (χ2v) is 7.93. The van der Waals surface area contributed by atoms with Crippen LogP contribution in [0.2, 0.25) is 0 Å². The minimum absolute atomic E-state index is 0.0503. The van der Waals surface area contributed by atoms with E-state index < -0.39 is 6.04 Å². The molecular formula is C20H29NO3S. The minimum atomic E-state index is -0.447. The second-order valence-electron chi connectivity index (χ2n) is 6.72. The number of aryl methyl sites for hydroxylation is 1. The molecule has 0 aromatic heterocycles. The molecule has 2 unspecified atom stereocenters. The first-order chi connectivity index (χ1) is 12.0. The summed E-state index contributed by atoms with van der Waals surface area (Å²) in [6, 6.07) is 9.83. The molecule has 0 aliphatic carbocycles. The van der Waals surface area contributed by atoms with E-state index in [1.54, 1.807) is 16.7 Å². The highest BCUT2D eigenvalue weighted by Gasteiger charge is 2.41. The second kappa shape index (κ2) is 9.85. The van der Waals surface area contributed by atoms with Crippen LogP contribution in [-0.4, -0.2) is 40.0 Å². The Labute approximate surface area is 155 Å². The average molecular weight is 364 g/mol. The van der Waals surface area contributed by atoms with Gasteiger partial charge in [-0.05, 0) is 38.7 Å². The summed E-state index contributed by atoms with van der Waals surface area (Å²) in [5.74, 6) is 0.438. The number of ether oxygens (including phenoxy) is 1. The van der Waals surface area contributed by atoms with Crippen molar-refractivity contribution in [1.82, 2.24) is 4.90 Å². The zero-order valence-corrected chi connectivity index (χ0v) is 16.3. The normalized spacial score (nSPS) is 20.1. The van der Waals surface area contributed by atoms with E-state index in [2.05, 4.69) is 19.1 Å². The third-order valence-corrected chi connectivity index (χ3v) is 5.63. The Bertz CT molecular complexity index is 561. The van der Waals surface area contributed by atoms with E-state index in [1.165, 1.54) is 5.56 Å².